The summed E-state index contributed by atoms with van der Waals surface area (Å²) in [5.74, 6) is -1.81. The fraction of sp³-hybridized carbons (Fsp3) is 0.250. The van der Waals surface area contributed by atoms with E-state index < -0.39 is 12.1 Å². The van der Waals surface area contributed by atoms with Gasteiger partial charge in [0.2, 0.25) is 0 Å². The molecule has 0 bridgehead atoms. The van der Waals surface area contributed by atoms with Crippen LogP contribution < -0.4 is 0 Å². The molecule has 1 unspecified atom stereocenters. The molecular formula is C20H14Cl3F3O. The molecule has 3 rings (SSSR count). The first-order valence-electron chi connectivity index (χ1n) is 8.22. The topological polar surface area (TPSA) is 17.1 Å². The quantitative estimate of drug-likeness (QED) is 0.457. The molecule has 1 aliphatic carbocycles. The van der Waals surface area contributed by atoms with Crippen LogP contribution in [0.25, 0.3) is 6.08 Å². The van der Waals surface area contributed by atoms with Crippen molar-refractivity contribution in [3.63, 3.8) is 0 Å². The van der Waals surface area contributed by atoms with Crippen molar-refractivity contribution in [2.24, 2.45) is 0 Å². The third-order valence-electron chi connectivity index (χ3n) is 4.48. The first-order chi connectivity index (χ1) is 12.7. The highest BCUT2D eigenvalue weighted by Gasteiger charge is 2.39. The van der Waals surface area contributed by atoms with Crippen LogP contribution in [0.15, 0.2) is 36.4 Å². The lowest BCUT2D eigenvalue weighted by Crippen LogP contribution is -2.19. The van der Waals surface area contributed by atoms with Crippen molar-refractivity contribution in [1.29, 1.82) is 0 Å². The van der Waals surface area contributed by atoms with E-state index in [0.29, 0.717) is 17.5 Å². The van der Waals surface area contributed by atoms with Gasteiger partial charge >= 0.3 is 6.18 Å². The number of halogens is 6. The Morgan fingerprint density at radius 3 is 2.30 bits per heavy atom. The van der Waals surface area contributed by atoms with Gasteiger partial charge in [0.25, 0.3) is 0 Å². The lowest BCUT2D eigenvalue weighted by atomic mass is 9.89. The SMILES string of the molecule is O=C1CCCc2cc(/C=C/C(c3cc(Cl)c(Cl)c(Cl)c3)C(F)(F)F)ccc21. The number of alkyl halides is 3. The Balaban J connectivity index is 1.95. The smallest absolute Gasteiger partial charge is 0.294 e. The van der Waals surface area contributed by atoms with Gasteiger partial charge in [-0.1, -0.05) is 65.2 Å². The zero-order valence-electron chi connectivity index (χ0n) is 13.9. The molecule has 27 heavy (non-hydrogen) atoms. The zero-order chi connectivity index (χ0) is 19.8. The van der Waals surface area contributed by atoms with Gasteiger partial charge in [-0.15, -0.1) is 0 Å². The molecule has 0 heterocycles. The number of allylic oxidation sites excluding steroid dienone is 1. The Bertz CT molecular complexity index is 896. The standard InChI is InChI=1S/C20H14Cl3F3O/c21-16-9-13(10-17(22)19(16)23)15(20(24,25)26)7-5-11-4-6-14-12(8-11)2-1-3-18(14)27/h4-10,15H,1-3H2/b7-5+. The Labute approximate surface area is 169 Å². The average Bonchev–Trinajstić information content (AvgIpc) is 2.58. The molecule has 0 spiro atoms. The molecule has 0 fully saturated rings. The van der Waals surface area contributed by atoms with Crippen molar-refractivity contribution < 1.29 is 18.0 Å². The first-order valence-corrected chi connectivity index (χ1v) is 9.35. The molecule has 7 heteroatoms. The van der Waals surface area contributed by atoms with Gasteiger partial charge in [0.1, 0.15) is 0 Å². The van der Waals surface area contributed by atoms with E-state index in [1.807, 2.05) is 0 Å². The van der Waals surface area contributed by atoms with E-state index in [-0.39, 0.29) is 26.4 Å². The number of hydrogen-bond donors (Lipinski definition) is 0. The summed E-state index contributed by atoms with van der Waals surface area (Å²) in [6.45, 7) is 0. The Morgan fingerprint density at radius 1 is 1.00 bits per heavy atom. The number of fused-ring (bicyclic) bond motifs is 1. The van der Waals surface area contributed by atoms with Crippen LogP contribution >= 0.6 is 34.8 Å². The normalized spacial score (nSPS) is 15.9. The average molecular weight is 434 g/mol. The molecule has 0 saturated carbocycles. The van der Waals surface area contributed by atoms with Gasteiger partial charge in [0, 0.05) is 12.0 Å². The highest BCUT2D eigenvalue weighted by molar-refractivity contribution is 6.48. The first kappa shape index (κ1) is 20.2. The fourth-order valence-electron chi connectivity index (χ4n) is 3.14. The molecule has 0 radical (unpaired) electrons. The Morgan fingerprint density at radius 2 is 1.67 bits per heavy atom. The second-order valence-corrected chi connectivity index (χ2v) is 7.56. The van der Waals surface area contributed by atoms with Crippen molar-refractivity contribution in [2.45, 2.75) is 31.4 Å². The highest BCUT2D eigenvalue weighted by Crippen LogP contribution is 2.41. The van der Waals surface area contributed by atoms with Crippen LogP contribution in [0.2, 0.25) is 15.1 Å². The number of rotatable bonds is 3. The van der Waals surface area contributed by atoms with Crippen molar-refractivity contribution in [3.8, 4) is 0 Å². The van der Waals surface area contributed by atoms with Crippen molar-refractivity contribution in [1.82, 2.24) is 0 Å². The van der Waals surface area contributed by atoms with Gasteiger partial charge in [-0.2, -0.15) is 13.2 Å². The maximum Gasteiger partial charge on any atom is 0.399 e. The van der Waals surface area contributed by atoms with E-state index >= 15 is 0 Å². The zero-order valence-corrected chi connectivity index (χ0v) is 16.2. The second-order valence-electron chi connectivity index (χ2n) is 6.37. The van der Waals surface area contributed by atoms with Crippen LogP contribution in [0.4, 0.5) is 13.2 Å². The summed E-state index contributed by atoms with van der Waals surface area (Å²) in [6, 6.07) is 7.43. The monoisotopic (exact) mass is 432 g/mol. The van der Waals surface area contributed by atoms with Crippen LogP contribution in [0.3, 0.4) is 0 Å². The van der Waals surface area contributed by atoms with Crippen molar-refractivity contribution in [2.75, 3.05) is 0 Å². The number of hydrogen-bond acceptors (Lipinski definition) is 1. The molecule has 0 N–H and O–H groups in total. The molecule has 142 valence electrons. The third kappa shape index (κ3) is 4.50. The van der Waals surface area contributed by atoms with E-state index in [1.54, 1.807) is 18.2 Å². The molecule has 0 saturated heterocycles. The van der Waals surface area contributed by atoms with Crippen molar-refractivity contribution >= 4 is 46.7 Å². The van der Waals surface area contributed by atoms with Gasteiger partial charge in [-0.3, -0.25) is 4.79 Å². The number of carbonyl (C=O) groups excluding carboxylic acids is 1. The van der Waals surface area contributed by atoms with Gasteiger partial charge in [-0.25, -0.2) is 0 Å². The van der Waals surface area contributed by atoms with E-state index in [2.05, 4.69) is 0 Å². The van der Waals surface area contributed by atoms with Gasteiger partial charge in [-0.05, 0) is 41.7 Å². The summed E-state index contributed by atoms with van der Waals surface area (Å²) < 4.78 is 40.7. The predicted octanol–water partition coefficient (Wildman–Crippen LogP) is 7.53. The van der Waals surface area contributed by atoms with E-state index in [9.17, 15) is 18.0 Å². The maximum atomic E-state index is 13.6. The summed E-state index contributed by atoms with van der Waals surface area (Å²) in [5, 5.41) is -0.0467. The summed E-state index contributed by atoms with van der Waals surface area (Å²) in [7, 11) is 0. The minimum atomic E-state index is -4.53. The van der Waals surface area contributed by atoms with Gasteiger partial charge in [0.05, 0.1) is 21.0 Å². The molecule has 2 aromatic rings. The van der Waals surface area contributed by atoms with Crippen molar-refractivity contribution in [3.05, 3.63) is 73.7 Å². The van der Waals surface area contributed by atoms with E-state index in [1.165, 1.54) is 18.2 Å². The lowest BCUT2D eigenvalue weighted by molar-refractivity contribution is -0.139. The lowest BCUT2D eigenvalue weighted by Gasteiger charge is -2.19. The Kier molecular flexibility index (Phi) is 5.90. The van der Waals surface area contributed by atoms with Gasteiger partial charge in [0.15, 0.2) is 5.78 Å². The number of benzene rings is 2. The molecule has 1 nitrogen and oxygen atoms in total. The molecule has 2 aromatic carbocycles. The molecular weight excluding hydrogens is 420 g/mol. The predicted molar refractivity (Wildman–Crippen MR) is 103 cm³/mol. The van der Waals surface area contributed by atoms with Crippen LogP contribution in [-0.4, -0.2) is 12.0 Å². The number of Topliss-reactive ketones (excluding diaryl/α,β-unsaturated/α-hetero) is 1. The number of carbonyl (C=O) groups is 1. The third-order valence-corrected chi connectivity index (χ3v) is 5.68. The maximum absolute atomic E-state index is 13.6. The molecule has 0 aliphatic heterocycles. The van der Waals surface area contributed by atoms with Crippen LogP contribution in [-0.2, 0) is 6.42 Å². The highest BCUT2D eigenvalue weighted by atomic mass is 35.5. The molecule has 1 atom stereocenters. The number of aryl methyl sites for hydroxylation is 1. The summed E-state index contributed by atoms with van der Waals surface area (Å²) in [6.07, 6.45) is -0.0619. The summed E-state index contributed by atoms with van der Waals surface area (Å²) in [5.41, 5.74) is 2.03. The van der Waals surface area contributed by atoms with E-state index in [0.717, 1.165) is 24.5 Å². The Hall–Kier alpha value is -1.49. The van der Waals surface area contributed by atoms with E-state index in [4.69, 9.17) is 34.8 Å². The summed E-state index contributed by atoms with van der Waals surface area (Å²) >= 11 is 17.6. The minimum absolute atomic E-state index is 0.0198. The van der Waals surface area contributed by atoms with Gasteiger partial charge < -0.3 is 0 Å². The molecule has 0 amide bonds. The molecule has 0 aromatic heterocycles. The van der Waals surface area contributed by atoms with Crippen LogP contribution in [0.5, 0.6) is 0 Å². The fourth-order valence-corrected chi connectivity index (χ4v) is 3.75. The largest absolute Gasteiger partial charge is 0.399 e. The second kappa shape index (κ2) is 7.86. The van der Waals surface area contributed by atoms with Crippen LogP contribution in [0, 0.1) is 0 Å². The van der Waals surface area contributed by atoms with Crippen LogP contribution in [0.1, 0.15) is 45.8 Å². The number of ketones is 1. The summed E-state index contributed by atoms with van der Waals surface area (Å²) in [4.78, 5) is 11.9. The minimum Gasteiger partial charge on any atom is -0.294 e. The molecule has 1 aliphatic rings.